The lowest BCUT2D eigenvalue weighted by Gasteiger charge is -2.10. The number of nitrogens with zero attached hydrogens (tertiary/aromatic N) is 2. The first kappa shape index (κ1) is 17.9. The molecule has 0 amide bonds. The zero-order chi connectivity index (χ0) is 15.9. The number of halogens is 1. The first-order valence-corrected chi connectivity index (χ1v) is 8.40. The Kier molecular flexibility index (Phi) is 7.09. The molecule has 0 radical (unpaired) electrons. The van der Waals surface area contributed by atoms with Gasteiger partial charge in [-0.15, -0.1) is 0 Å². The van der Waals surface area contributed by atoms with Gasteiger partial charge in [0.15, 0.2) is 0 Å². The van der Waals surface area contributed by atoms with Crippen molar-refractivity contribution in [1.82, 2.24) is 14.5 Å². The molecule has 0 unspecified atom stereocenters. The maximum Gasteiger partial charge on any atom is 0.287 e. The lowest BCUT2D eigenvalue weighted by molar-refractivity contribution is 0.182. The van der Waals surface area contributed by atoms with Gasteiger partial charge < -0.3 is 10.1 Å². The molecule has 0 atom stereocenters. The molecule has 0 spiro atoms. The van der Waals surface area contributed by atoms with Crippen LogP contribution in [-0.2, 0) is 21.3 Å². The highest BCUT2D eigenvalue weighted by molar-refractivity contribution is 7.89. The van der Waals surface area contributed by atoms with Crippen molar-refractivity contribution in [2.45, 2.75) is 13.5 Å². The summed E-state index contributed by atoms with van der Waals surface area (Å²) in [6, 6.07) is 0. The summed E-state index contributed by atoms with van der Waals surface area (Å²) < 4.78 is 31.4. The van der Waals surface area contributed by atoms with Gasteiger partial charge in [0, 0.05) is 20.2 Å². The second-order valence-electron chi connectivity index (χ2n) is 4.14. The predicted molar refractivity (Wildman–Crippen MR) is 81.3 cm³/mol. The highest BCUT2D eigenvalue weighted by Crippen LogP contribution is 2.14. The number of methoxy groups -OCH3 is 1. The van der Waals surface area contributed by atoms with Crippen LogP contribution in [0.25, 0.3) is 0 Å². The third-order valence-corrected chi connectivity index (χ3v) is 4.38. The van der Waals surface area contributed by atoms with Crippen molar-refractivity contribution in [2.24, 2.45) is 0 Å². The molecule has 0 aliphatic heterocycles. The largest absolute Gasteiger partial charge is 0.383 e. The number of aromatic nitrogens is 2. The number of sulfonamides is 1. The topological polar surface area (TPSA) is 102 Å². The summed E-state index contributed by atoms with van der Waals surface area (Å²) in [5.74, 6) is -0.121. The molecule has 120 valence electrons. The van der Waals surface area contributed by atoms with Gasteiger partial charge in [-0.3, -0.25) is 4.79 Å². The normalized spacial score (nSPS) is 11.6. The van der Waals surface area contributed by atoms with Crippen LogP contribution in [0.15, 0.2) is 11.0 Å². The number of rotatable bonds is 9. The predicted octanol–water partition coefficient (Wildman–Crippen LogP) is -0.106. The van der Waals surface area contributed by atoms with E-state index in [4.69, 9.17) is 16.3 Å². The molecule has 1 aromatic rings. The highest BCUT2D eigenvalue weighted by atomic mass is 35.5. The molecule has 0 aliphatic carbocycles. The molecule has 0 aliphatic rings. The van der Waals surface area contributed by atoms with Crippen LogP contribution in [0.1, 0.15) is 6.92 Å². The van der Waals surface area contributed by atoms with Crippen molar-refractivity contribution < 1.29 is 13.2 Å². The smallest absolute Gasteiger partial charge is 0.287 e. The lowest BCUT2D eigenvalue weighted by Crippen LogP contribution is -2.30. The van der Waals surface area contributed by atoms with E-state index in [9.17, 15) is 13.2 Å². The SMILES string of the molecule is CCNS(=O)(=O)CCNc1cnn(CCOC)c(=O)c1Cl. The molecule has 8 nitrogen and oxygen atoms in total. The van der Waals surface area contributed by atoms with Gasteiger partial charge in [0.1, 0.15) is 5.02 Å². The van der Waals surface area contributed by atoms with Crippen molar-refractivity contribution >= 4 is 27.3 Å². The zero-order valence-corrected chi connectivity index (χ0v) is 13.5. The fourth-order valence-electron chi connectivity index (χ4n) is 1.54. The van der Waals surface area contributed by atoms with Crippen LogP contribution in [0.5, 0.6) is 0 Å². The van der Waals surface area contributed by atoms with Gasteiger partial charge in [0.25, 0.3) is 5.56 Å². The van der Waals surface area contributed by atoms with Gasteiger partial charge in [-0.25, -0.2) is 17.8 Å². The fraction of sp³-hybridized carbons (Fsp3) is 0.636. The zero-order valence-electron chi connectivity index (χ0n) is 11.9. The summed E-state index contributed by atoms with van der Waals surface area (Å²) in [6.45, 7) is 2.80. The standard InChI is InChI=1S/C11H19ClN4O4S/c1-3-15-21(18,19)7-4-13-9-8-14-16(5-6-20-2)11(17)10(9)12/h8,13,15H,3-7H2,1-2H3. The Morgan fingerprint density at radius 1 is 1.48 bits per heavy atom. The first-order valence-electron chi connectivity index (χ1n) is 6.37. The number of anilines is 1. The molecule has 0 saturated heterocycles. The molecule has 1 rings (SSSR count). The fourth-order valence-corrected chi connectivity index (χ4v) is 2.71. The van der Waals surface area contributed by atoms with E-state index >= 15 is 0 Å². The van der Waals surface area contributed by atoms with Gasteiger partial charge in [0.2, 0.25) is 10.0 Å². The molecule has 21 heavy (non-hydrogen) atoms. The summed E-state index contributed by atoms with van der Waals surface area (Å²) in [5.41, 5.74) is -0.143. The Hall–Kier alpha value is -1.16. The van der Waals surface area contributed by atoms with Crippen LogP contribution >= 0.6 is 11.6 Å². The van der Waals surface area contributed by atoms with Crippen molar-refractivity contribution in [2.75, 3.05) is 37.9 Å². The van der Waals surface area contributed by atoms with Crippen LogP contribution in [0.3, 0.4) is 0 Å². The monoisotopic (exact) mass is 338 g/mol. The van der Waals surface area contributed by atoms with Gasteiger partial charge >= 0.3 is 0 Å². The maximum absolute atomic E-state index is 11.9. The van der Waals surface area contributed by atoms with E-state index in [1.807, 2.05) is 0 Å². The molecule has 2 N–H and O–H groups in total. The van der Waals surface area contributed by atoms with E-state index in [2.05, 4.69) is 15.1 Å². The molecule has 0 fully saturated rings. The minimum Gasteiger partial charge on any atom is -0.383 e. The summed E-state index contributed by atoms with van der Waals surface area (Å²) in [6.07, 6.45) is 1.39. The van der Waals surface area contributed by atoms with Crippen LogP contribution in [0, 0.1) is 0 Å². The van der Waals surface area contributed by atoms with Crippen molar-refractivity contribution in [1.29, 1.82) is 0 Å². The molecule has 1 aromatic heterocycles. The minimum absolute atomic E-state index is 0.0260. The molecule has 1 heterocycles. The third kappa shape index (κ3) is 5.62. The Morgan fingerprint density at radius 2 is 2.19 bits per heavy atom. The van der Waals surface area contributed by atoms with Crippen LogP contribution < -0.4 is 15.6 Å². The van der Waals surface area contributed by atoms with Crippen molar-refractivity contribution in [3.63, 3.8) is 0 Å². The van der Waals surface area contributed by atoms with Crippen molar-refractivity contribution in [3.8, 4) is 0 Å². The van der Waals surface area contributed by atoms with E-state index in [0.717, 1.165) is 0 Å². The first-order chi connectivity index (χ1) is 9.91. The van der Waals surface area contributed by atoms with Gasteiger partial charge in [0.05, 0.1) is 30.8 Å². The summed E-state index contributed by atoms with van der Waals surface area (Å²) in [7, 11) is -1.80. The molecular weight excluding hydrogens is 320 g/mol. The molecule has 10 heteroatoms. The molecule has 0 bridgehead atoms. The van der Waals surface area contributed by atoms with E-state index in [1.165, 1.54) is 18.0 Å². The van der Waals surface area contributed by atoms with E-state index in [-0.39, 0.29) is 17.3 Å². The molecule has 0 saturated carbocycles. The minimum atomic E-state index is -3.32. The van der Waals surface area contributed by atoms with Crippen LogP contribution in [0.2, 0.25) is 5.02 Å². The van der Waals surface area contributed by atoms with E-state index < -0.39 is 15.6 Å². The Bertz CT molecular complexity index is 617. The quantitative estimate of drug-likeness (QED) is 0.651. The number of nitrogens with one attached hydrogen (secondary N) is 2. The van der Waals surface area contributed by atoms with Gasteiger partial charge in [-0.05, 0) is 0 Å². The average Bonchev–Trinajstić information content (AvgIpc) is 2.42. The second-order valence-corrected chi connectivity index (χ2v) is 6.44. The van der Waals surface area contributed by atoms with Crippen LogP contribution in [-0.4, -0.2) is 50.8 Å². The van der Waals surface area contributed by atoms with Crippen molar-refractivity contribution in [3.05, 3.63) is 21.6 Å². The Morgan fingerprint density at radius 3 is 2.81 bits per heavy atom. The number of ether oxygens (including phenoxy) is 1. The van der Waals surface area contributed by atoms with Gasteiger partial charge in [-0.2, -0.15) is 5.10 Å². The number of hydrogen-bond acceptors (Lipinski definition) is 6. The molecule has 0 aromatic carbocycles. The Labute approximate surface area is 128 Å². The van der Waals surface area contributed by atoms with Gasteiger partial charge in [-0.1, -0.05) is 18.5 Å². The maximum atomic E-state index is 11.9. The van der Waals surface area contributed by atoms with Crippen LogP contribution in [0.4, 0.5) is 5.69 Å². The second kappa shape index (κ2) is 8.32. The van der Waals surface area contributed by atoms with E-state index in [1.54, 1.807) is 6.92 Å². The average molecular weight is 339 g/mol. The lowest BCUT2D eigenvalue weighted by atomic mass is 10.4. The summed E-state index contributed by atoms with van der Waals surface area (Å²) >= 11 is 5.95. The highest BCUT2D eigenvalue weighted by Gasteiger charge is 2.11. The summed E-state index contributed by atoms with van der Waals surface area (Å²) in [5, 5.41) is 6.71. The summed E-state index contributed by atoms with van der Waals surface area (Å²) in [4.78, 5) is 11.9. The number of hydrogen-bond donors (Lipinski definition) is 2. The van der Waals surface area contributed by atoms with E-state index in [0.29, 0.717) is 25.4 Å². The third-order valence-electron chi connectivity index (χ3n) is 2.54. The Balaban J connectivity index is 2.69. The molecular formula is C11H19ClN4O4S.